The molecule has 36 heavy (non-hydrogen) atoms. The Labute approximate surface area is 210 Å². The number of rotatable bonds is 9. The number of nitrogens with zero attached hydrogens (tertiary/aromatic N) is 2. The summed E-state index contributed by atoms with van der Waals surface area (Å²) in [5.74, 6) is -0.902. The van der Waals surface area contributed by atoms with E-state index in [0.717, 1.165) is 40.8 Å². The number of para-hydroxylation sites is 1. The molecule has 0 unspecified atom stereocenters. The second kappa shape index (κ2) is 11.7. The van der Waals surface area contributed by atoms with E-state index in [1.807, 2.05) is 60.8 Å². The lowest BCUT2D eigenvalue weighted by molar-refractivity contribution is -0.117. The van der Waals surface area contributed by atoms with Crippen molar-refractivity contribution in [1.29, 1.82) is 0 Å². The average Bonchev–Trinajstić information content (AvgIpc) is 3.33. The highest BCUT2D eigenvalue weighted by molar-refractivity contribution is 6.06. The standard InChI is InChI=1S/C29H29N5O2/c1-3-34(4-2)24-16-14-21(15-17-24)18-27(32-28(35)22-10-6-5-7-11-22)29(36)33-31-20-23-19-30-26-13-9-8-12-25(23)26/h5-20,30H,3-4H2,1-2H3,(H,32,35)(H,33,36)/b27-18?,31-20+. The number of aromatic nitrogens is 1. The molecule has 7 nitrogen and oxygen atoms in total. The normalized spacial score (nSPS) is 11.6. The van der Waals surface area contributed by atoms with Crippen molar-refractivity contribution >= 4 is 40.7 Å². The third kappa shape index (κ3) is 5.88. The van der Waals surface area contributed by atoms with Crippen LogP contribution < -0.4 is 15.6 Å². The van der Waals surface area contributed by atoms with E-state index in [2.05, 4.69) is 39.6 Å². The van der Waals surface area contributed by atoms with Crippen LogP contribution in [0, 0.1) is 0 Å². The minimum atomic E-state index is -0.525. The Kier molecular flexibility index (Phi) is 7.93. The average molecular weight is 480 g/mol. The Balaban J connectivity index is 1.56. The summed E-state index contributed by atoms with van der Waals surface area (Å²) in [4.78, 5) is 31.3. The molecule has 0 atom stereocenters. The number of fused-ring (bicyclic) bond motifs is 1. The molecule has 0 aliphatic rings. The number of nitrogens with one attached hydrogen (secondary N) is 3. The van der Waals surface area contributed by atoms with E-state index in [4.69, 9.17) is 0 Å². The molecule has 1 heterocycles. The minimum Gasteiger partial charge on any atom is -0.372 e. The number of carbonyl (C=O) groups excluding carboxylic acids is 2. The molecule has 0 saturated carbocycles. The molecule has 4 aromatic rings. The highest BCUT2D eigenvalue weighted by Gasteiger charge is 2.14. The number of aromatic amines is 1. The maximum absolute atomic E-state index is 13.1. The van der Waals surface area contributed by atoms with Crippen molar-refractivity contribution in [2.75, 3.05) is 18.0 Å². The third-order valence-corrected chi connectivity index (χ3v) is 5.85. The largest absolute Gasteiger partial charge is 0.372 e. The molecule has 0 aliphatic carbocycles. The van der Waals surface area contributed by atoms with E-state index in [1.165, 1.54) is 0 Å². The minimum absolute atomic E-state index is 0.0931. The Morgan fingerprint density at radius 3 is 2.33 bits per heavy atom. The number of amides is 2. The van der Waals surface area contributed by atoms with Gasteiger partial charge in [-0.05, 0) is 55.8 Å². The van der Waals surface area contributed by atoms with Crippen molar-refractivity contribution in [3.8, 4) is 0 Å². The van der Waals surface area contributed by atoms with Crippen molar-refractivity contribution in [2.45, 2.75) is 13.8 Å². The molecular weight excluding hydrogens is 450 g/mol. The first-order valence-corrected chi connectivity index (χ1v) is 11.9. The lowest BCUT2D eigenvalue weighted by Crippen LogP contribution is -2.32. The Morgan fingerprint density at radius 2 is 1.61 bits per heavy atom. The highest BCUT2D eigenvalue weighted by Crippen LogP contribution is 2.17. The molecule has 3 aromatic carbocycles. The van der Waals surface area contributed by atoms with Crippen LogP contribution in [0.1, 0.15) is 35.3 Å². The van der Waals surface area contributed by atoms with E-state index in [-0.39, 0.29) is 11.6 Å². The summed E-state index contributed by atoms with van der Waals surface area (Å²) >= 11 is 0. The van der Waals surface area contributed by atoms with Crippen LogP contribution in [0.25, 0.3) is 17.0 Å². The van der Waals surface area contributed by atoms with Crippen LogP contribution in [-0.4, -0.2) is 36.1 Å². The number of benzene rings is 3. The van der Waals surface area contributed by atoms with Crippen LogP contribution >= 0.6 is 0 Å². The fourth-order valence-electron chi connectivity index (χ4n) is 3.90. The Morgan fingerprint density at radius 1 is 0.917 bits per heavy atom. The van der Waals surface area contributed by atoms with Gasteiger partial charge in [0.05, 0.1) is 6.21 Å². The molecular formula is C29H29N5O2. The zero-order chi connectivity index (χ0) is 25.3. The molecule has 0 saturated heterocycles. The SMILES string of the molecule is CCN(CC)c1ccc(C=C(NC(=O)c2ccccc2)C(=O)N/N=C/c2c[nH]c3ccccc23)cc1. The van der Waals surface area contributed by atoms with Gasteiger partial charge >= 0.3 is 0 Å². The number of hydrogen-bond donors (Lipinski definition) is 3. The molecule has 7 heteroatoms. The molecule has 0 spiro atoms. The molecule has 2 amide bonds. The summed E-state index contributed by atoms with van der Waals surface area (Å²) in [6.45, 7) is 6.02. The molecule has 3 N–H and O–H groups in total. The summed E-state index contributed by atoms with van der Waals surface area (Å²) in [6.07, 6.45) is 5.04. The number of carbonyl (C=O) groups is 2. The number of hydrazone groups is 1. The molecule has 0 radical (unpaired) electrons. The number of anilines is 1. The van der Waals surface area contributed by atoms with Crippen LogP contribution in [0.3, 0.4) is 0 Å². The first-order valence-electron chi connectivity index (χ1n) is 11.9. The third-order valence-electron chi connectivity index (χ3n) is 5.85. The number of hydrogen-bond acceptors (Lipinski definition) is 4. The summed E-state index contributed by atoms with van der Waals surface area (Å²) in [7, 11) is 0. The van der Waals surface area contributed by atoms with E-state index >= 15 is 0 Å². The maximum Gasteiger partial charge on any atom is 0.287 e. The lowest BCUT2D eigenvalue weighted by atomic mass is 10.1. The van der Waals surface area contributed by atoms with Gasteiger partial charge in [0, 0.05) is 47.0 Å². The molecule has 0 fully saturated rings. The quantitative estimate of drug-likeness (QED) is 0.181. The summed E-state index contributed by atoms with van der Waals surface area (Å²) < 4.78 is 0. The first-order chi connectivity index (χ1) is 17.6. The van der Waals surface area contributed by atoms with Crippen molar-refractivity contribution < 1.29 is 9.59 Å². The molecule has 1 aromatic heterocycles. The predicted molar refractivity (Wildman–Crippen MR) is 146 cm³/mol. The van der Waals surface area contributed by atoms with Crippen LogP contribution in [0.5, 0.6) is 0 Å². The fourth-order valence-corrected chi connectivity index (χ4v) is 3.90. The predicted octanol–water partition coefficient (Wildman–Crippen LogP) is 4.94. The zero-order valence-electron chi connectivity index (χ0n) is 20.4. The lowest BCUT2D eigenvalue weighted by Gasteiger charge is -2.20. The van der Waals surface area contributed by atoms with Crippen LogP contribution in [0.2, 0.25) is 0 Å². The topological polar surface area (TPSA) is 89.6 Å². The van der Waals surface area contributed by atoms with E-state index < -0.39 is 5.91 Å². The van der Waals surface area contributed by atoms with Gasteiger partial charge < -0.3 is 15.2 Å². The zero-order valence-corrected chi connectivity index (χ0v) is 20.4. The fraction of sp³-hybridized carbons (Fsp3) is 0.138. The van der Waals surface area contributed by atoms with E-state index in [1.54, 1.807) is 36.6 Å². The van der Waals surface area contributed by atoms with Crippen molar-refractivity contribution in [2.24, 2.45) is 5.10 Å². The summed E-state index contributed by atoms with van der Waals surface area (Å²) in [5.41, 5.74) is 6.79. The van der Waals surface area contributed by atoms with Gasteiger partial charge in [-0.2, -0.15) is 5.10 Å². The maximum atomic E-state index is 13.1. The van der Waals surface area contributed by atoms with Crippen molar-refractivity contribution in [1.82, 2.24) is 15.7 Å². The molecule has 4 rings (SSSR count). The molecule has 182 valence electrons. The van der Waals surface area contributed by atoms with Gasteiger partial charge in [0.1, 0.15) is 5.70 Å². The number of H-pyrrole nitrogens is 1. The molecule has 0 bridgehead atoms. The Bertz CT molecular complexity index is 1380. The summed E-state index contributed by atoms with van der Waals surface area (Å²) in [5, 5.41) is 7.85. The van der Waals surface area contributed by atoms with Gasteiger partial charge in [0.15, 0.2) is 0 Å². The van der Waals surface area contributed by atoms with Crippen LogP contribution in [0.4, 0.5) is 5.69 Å². The Hall–Kier alpha value is -4.65. The smallest absolute Gasteiger partial charge is 0.287 e. The van der Waals surface area contributed by atoms with Crippen LogP contribution in [-0.2, 0) is 4.79 Å². The van der Waals surface area contributed by atoms with Gasteiger partial charge in [-0.25, -0.2) is 5.43 Å². The second-order valence-electron chi connectivity index (χ2n) is 8.13. The molecule has 0 aliphatic heterocycles. The van der Waals surface area contributed by atoms with Crippen LogP contribution in [0.15, 0.2) is 95.9 Å². The van der Waals surface area contributed by atoms with E-state index in [9.17, 15) is 9.59 Å². The first kappa shape index (κ1) is 24.5. The monoisotopic (exact) mass is 479 g/mol. The van der Waals surface area contributed by atoms with Gasteiger partial charge in [0.2, 0.25) is 0 Å². The highest BCUT2D eigenvalue weighted by atomic mass is 16.2. The van der Waals surface area contributed by atoms with E-state index in [0.29, 0.717) is 5.56 Å². The summed E-state index contributed by atoms with van der Waals surface area (Å²) in [6, 6.07) is 24.4. The van der Waals surface area contributed by atoms with Gasteiger partial charge in [-0.1, -0.05) is 48.5 Å². The van der Waals surface area contributed by atoms with Gasteiger partial charge in [0.25, 0.3) is 11.8 Å². The second-order valence-corrected chi connectivity index (χ2v) is 8.13. The van der Waals surface area contributed by atoms with Gasteiger partial charge in [-0.15, -0.1) is 0 Å². The van der Waals surface area contributed by atoms with Crippen molar-refractivity contribution in [3.63, 3.8) is 0 Å². The van der Waals surface area contributed by atoms with Gasteiger partial charge in [-0.3, -0.25) is 9.59 Å². The van der Waals surface area contributed by atoms with Crippen molar-refractivity contribution in [3.05, 3.63) is 107 Å².